The van der Waals surface area contributed by atoms with Crippen LogP contribution in [0.15, 0.2) is 24.4 Å². The Balaban J connectivity index is 1.43. The van der Waals surface area contributed by atoms with Gasteiger partial charge in [0.2, 0.25) is 11.8 Å². The van der Waals surface area contributed by atoms with Gasteiger partial charge >= 0.3 is 0 Å². The number of fused-ring (bicyclic) bond motifs is 2. The van der Waals surface area contributed by atoms with Crippen LogP contribution in [0.5, 0.6) is 5.88 Å². The highest BCUT2D eigenvalue weighted by Gasteiger charge is 2.39. The zero-order valence-corrected chi connectivity index (χ0v) is 19.1. The Labute approximate surface area is 197 Å². The number of nitrogens with zero attached hydrogens (tertiary/aromatic N) is 4. The van der Waals surface area contributed by atoms with Gasteiger partial charge in [-0.1, -0.05) is 11.6 Å². The van der Waals surface area contributed by atoms with Crippen LogP contribution in [0.3, 0.4) is 0 Å². The van der Waals surface area contributed by atoms with Crippen molar-refractivity contribution in [2.75, 3.05) is 38.2 Å². The standard InChI is InChI=1S/C21H20ClN5O5S/c1-32-18-16(13(22)2-3-23-18)17-24-14-8-11-12(9-15(14)25-17)20(29)27(19(11)28)5-4-26-6-7-33-10-21(26,30)31/h2-3,8-9,30-31H,4-7,10H2,1H3,(H,24,25). The lowest BCUT2D eigenvalue weighted by molar-refractivity contribution is -0.247. The number of aliphatic hydroxyl groups is 2. The van der Waals surface area contributed by atoms with E-state index in [0.717, 1.165) is 10.7 Å². The number of imide groups is 1. The van der Waals surface area contributed by atoms with Crippen LogP contribution in [-0.2, 0) is 0 Å². The van der Waals surface area contributed by atoms with E-state index in [-0.39, 0.29) is 30.0 Å². The van der Waals surface area contributed by atoms with Crippen LogP contribution in [-0.4, -0.2) is 90.9 Å². The molecule has 2 amide bonds. The van der Waals surface area contributed by atoms with Gasteiger partial charge in [-0.3, -0.25) is 14.5 Å². The number of imidazole rings is 1. The molecule has 3 N–H and O–H groups in total. The van der Waals surface area contributed by atoms with Crippen LogP contribution in [0.2, 0.25) is 5.02 Å². The third-order valence-corrected chi connectivity index (χ3v) is 7.15. The van der Waals surface area contributed by atoms with E-state index in [1.165, 1.54) is 30.0 Å². The van der Waals surface area contributed by atoms with Crippen LogP contribution in [0, 0.1) is 0 Å². The summed E-state index contributed by atoms with van der Waals surface area (Å²) in [6.45, 7) is 0.671. The Morgan fingerprint density at radius 3 is 2.73 bits per heavy atom. The van der Waals surface area contributed by atoms with Crippen LogP contribution in [0.25, 0.3) is 22.4 Å². The number of carbonyl (C=O) groups is 2. The van der Waals surface area contributed by atoms with Crippen molar-refractivity contribution in [3.8, 4) is 17.3 Å². The minimum Gasteiger partial charge on any atom is -0.480 e. The van der Waals surface area contributed by atoms with Gasteiger partial charge in [-0.25, -0.2) is 14.9 Å². The Bertz CT molecular complexity index is 1230. The molecule has 10 nitrogen and oxygen atoms in total. The molecule has 2 aromatic heterocycles. The highest BCUT2D eigenvalue weighted by atomic mass is 35.5. The smallest absolute Gasteiger partial charge is 0.261 e. The molecule has 172 valence electrons. The predicted molar refractivity (Wildman–Crippen MR) is 122 cm³/mol. The molecule has 0 spiro atoms. The lowest BCUT2D eigenvalue weighted by atomic mass is 10.1. The fourth-order valence-electron chi connectivity index (χ4n) is 4.07. The SMILES string of the molecule is COc1nccc(Cl)c1-c1nc2cc3c(cc2[nH]1)C(=O)N(CCN1CCSCC1(O)O)C3=O. The highest BCUT2D eigenvalue weighted by molar-refractivity contribution is 7.99. The summed E-state index contributed by atoms with van der Waals surface area (Å²) < 4.78 is 5.28. The molecular formula is C21H20ClN5O5S. The van der Waals surface area contributed by atoms with Gasteiger partial charge in [0.25, 0.3) is 11.8 Å². The monoisotopic (exact) mass is 489 g/mol. The first-order chi connectivity index (χ1) is 15.8. The number of H-pyrrole nitrogens is 1. The molecule has 0 unspecified atom stereocenters. The summed E-state index contributed by atoms with van der Waals surface area (Å²) >= 11 is 7.76. The van der Waals surface area contributed by atoms with Crippen molar-refractivity contribution in [1.82, 2.24) is 24.8 Å². The lowest BCUT2D eigenvalue weighted by Gasteiger charge is -2.38. The third kappa shape index (κ3) is 3.75. The lowest BCUT2D eigenvalue weighted by Crippen LogP contribution is -2.56. The largest absolute Gasteiger partial charge is 0.480 e. The molecule has 1 fully saturated rings. The number of hydrogen-bond acceptors (Lipinski definition) is 9. The zero-order valence-electron chi connectivity index (χ0n) is 17.5. The van der Waals surface area contributed by atoms with Gasteiger partial charge in [-0.15, -0.1) is 0 Å². The van der Waals surface area contributed by atoms with Crippen LogP contribution < -0.4 is 4.74 Å². The molecule has 1 aromatic carbocycles. The Kier molecular flexibility index (Phi) is 5.53. The molecule has 0 bridgehead atoms. The molecule has 5 rings (SSSR count). The number of carbonyl (C=O) groups excluding carboxylic acids is 2. The second-order valence-corrected chi connectivity index (χ2v) is 9.27. The maximum absolute atomic E-state index is 13.0. The van der Waals surface area contributed by atoms with E-state index < -0.39 is 17.7 Å². The maximum atomic E-state index is 13.0. The van der Waals surface area contributed by atoms with Crippen molar-refractivity contribution >= 4 is 46.2 Å². The number of rotatable bonds is 5. The Morgan fingerprint density at radius 2 is 2.00 bits per heavy atom. The molecule has 2 aliphatic rings. The Morgan fingerprint density at radius 1 is 1.24 bits per heavy atom. The molecule has 4 heterocycles. The van der Waals surface area contributed by atoms with Crippen molar-refractivity contribution in [1.29, 1.82) is 0 Å². The number of benzene rings is 1. The Hall–Kier alpha value is -2.70. The summed E-state index contributed by atoms with van der Waals surface area (Å²) in [5.74, 6) is -1.22. The van der Waals surface area contributed by atoms with E-state index in [4.69, 9.17) is 16.3 Å². The van der Waals surface area contributed by atoms with E-state index in [1.807, 2.05) is 0 Å². The number of pyridine rings is 1. The van der Waals surface area contributed by atoms with Gasteiger partial charge in [0.15, 0.2) is 0 Å². The number of amides is 2. The summed E-state index contributed by atoms with van der Waals surface area (Å²) in [4.78, 5) is 40.4. The third-order valence-electron chi connectivity index (χ3n) is 5.77. The first kappa shape index (κ1) is 22.1. The minimum absolute atomic E-state index is 0.0506. The maximum Gasteiger partial charge on any atom is 0.261 e. The van der Waals surface area contributed by atoms with E-state index >= 15 is 0 Å². The summed E-state index contributed by atoms with van der Waals surface area (Å²) in [5.41, 5.74) is 2.05. The quantitative estimate of drug-likeness (QED) is 0.361. The van der Waals surface area contributed by atoms with E-state index in [1.54, 1.807) is 18.2 Å². The molecule has 0 atom stereocenters. The average molecular weight is 490 g/mol. The normalized spacial score (nSPS) is 18.2. The summed E-state index contributed by atoms with van der Waals surface area (Å²) in [7, 11) is 1.48. The zero-order chi connectivity index (χ0) is 23.3. The number of nitrogens with one attached hydrogen (secondary N) is 1. The molecule has 1 saturated heterocycles. The van der Waals surface area contributed by atoms with Crippen LogP contribution in [0.4, 0.5) is 0 Å². The highest BCUT2D eigenvalue weighted by Crippen LogP contribution is 2.35. The van der Waals surface area contributed by atoms with Crippen molar-refractivity contribution in [3.05, 3.63) is 40.5 Å². The topological polar surface area (TPSA) is 132 Å². The van der Waals surface area contributed by atoms with Gasteiger partial charge < -0.3 is 19.9 Å². The number of aromatic amines is 1. The van der Waals surface area contributed by atoms with Crippen molar-refractivity contribution < 1.29 is 24.5 Å². The van der Waals surface area contributed by atoms with Crippen molar-refractivity contribution in [2.45, 2.75) is 5.91 Å². The number of methoxy groups -OCH3 is 1. The van der Waals surface area contributed by atoms with Gasteiger partial charge in [-0.05, 0) is 18.2 Å². The van der Waals surface area contributed by atoms with Crippen molar-refractivity contribution in [2.24, 2.45) is 0 Å². The van der Waals surface area contributed by atoms with Gasteiger partial charge in [-0.2, -0.15) is 11.8 Å². The molecule has 0 radical (unpaired) electrons. The van der Waals surface area contributed by atoms with Crippen molar-refractivity contribution in [3.63, 3.8) is 0 Å². The first-order valence-electron chi connectivity index (χ1n) is 10.2. The van der Waals surface area contributed by atoms with E-state index in [9.17, 15) is 19.8 Å². The van der Waals surface area contributed by atoms with Gasteiger partial charge in [0, 0.05) is 31.6 Å². The second kappa shape index (κ2) is 8.26. The summed E-state index contributed by atoms with van der Waals surface area (Å²) in [6.07, 6.45) is 1.52. The first-order valence-corrected chi connectivity index (χ1v) is 11.7. The molecular weight excluding hydrogens is 470 g/mol. The molecule has 0 saturated carbocycles. The van der Waals surface area contributed by atoms with E-state index in [0.29, 0.717) is 39.9 Å². The fourth-order valence-corrected chi connectivity index (χ4v) is 5.25. The number of ether oxygens (including phenoxy) is 1. The second-order valence-electron chi connectivity index (χ2n) is 7.75. The minimum atomic E-state index is -1.95. The molecule has 12 heteroatoms. The molecule has 3 aromatic rings. The number of halogens is 1. The van der Waals surface area contributed by atoms with Crippen LogP contribution >= 0.6 is 23.4 Å². The molecule has 2 aliphatic heterocycles. The predicted octanol–water partition coefficient (Wildman–Crippen LogP) is 1.57. The fraction of sp³-hybridized carbons (Fsp3) is 0.333. The molecule has 33 heavy (non-hydrogen) atoms. The van der Waals surface area contributed by atoms with Crippen LogP contribution in [0.1, 0.15) is 20.7 Å². The summed E-state index contributed by atoms with van der Waals surface area (Å²) in [6, 6.07) is 4.78. The summed E-state index contributed by atoms with van der Waals surface area (Å²) in [5, 5.41) is 20.7. The van der Waals surface area contributed by atoms with Gasteiger partial charge in [0.1, 0.15) is 5.82 Å². The van der Waals surface area contributed by atoms with E-state index in [2.05, 4.69) is 15.0 Å². The molecule has 0 aliphatic carbocycles. The number of aromatic nitrogens is 3. The number of hydrogen-bond donors (Lipinski definition) is 3. The number of thioether (sulfide) groups is 1. The van der Waals surface area contributed by atoms with Gasteiger partial charge in [0.05, 0.1) is 45.6 Å². The average Bonchev–Trinajstić information content (AvgIpc) is 3.29.